The summed E-state index contributed by atoms with van der Waals surface area (Å²) in [7, 11) is 0. The molecule has 0 aromatic heterocycles. The predicted molar refractivity (Wildman–Crippen MR) is 121 cm³/mol. The van der Waals surface area contributed by atoms with Crippen molar-refractivity contribution in [1.82, 2.24) is 10.6 Å². The lowest BCUT2D eigenvalue weighted by Crippen LogP contribution is -2.47. The Balaban J connectivity index is 1.16. The summed E-state index contributed by atoms with van der Waals surface area (Å²) < 4.78 is 43.2. The zero-order valence-corrected chi connectivity index (χ0v) is 18.7. The Bertz CT molecular complexity index is 912. The van der Waals surface area contributed by atoms with E-state index in [1.54, 1.807) is 12.1 Å². The van der Waals surface area contributed by atoms with Gasteiger partial charge in [0.1, 0.15) is 6.61 Å². The van der Waals surface area contributed by atoms with Crippen LogP contribution in [0.5, 0.6) is 0 Å². The number of nitrogens with one attached hydrogen (secondary N) is 2. The summed E-state index contributed by atoms with van der Waals surface area (Å²) in [5.74, 6) is 1.34. The van der Waals surface area contributed by atoms with Crippen molar-refractivity contribution in [2.45, 2.75) is 50.7 Å². The van der Waals surface area contributed by atoms with E-state index in [1.807, 2.05) is 12.2 Å². The van der Waals surface area contributed by atoms with Crippen LogP contribution in [0, 0.1) is 17.8 Å². The normalized spacial score (nSPS) is 27.1. The van der Waals surface area contributed by atoms with Gasteiger partial charge in [0.25, 0.3) is 0 Å². The summed E-state index contributed by atoms with van der Waals surface area (Å²) in [5.41, 5.74) is 2.33. The Morgan fingerprint density at radius 2 is 1.82 bits per heavy atom. The van der Waals surface area contributed by atoms with Gasteiger partial charge in [0.15, 0.2) is 0 Å². The van der Waals surface area contributed by atoms with E-state index in [1.165, 1.54) is 12.1 Å². The number of allylic oxidation sites excluding steroid dienone is 1. The molecule has 1 saturated carbocycles. The highest BCUT2D eigenvalue weighted by Gasteiger charge is 2.31. The van der Waals surface area contributed by atoms with E-state index in [0.29, 0.717) is 18.4 Å². The number of carbonyl (C=O) groups is 1. The lowest BCUT2D eigenvalue weighted by molar-refractivity contribution is -0.137. The second-order valence-electron chi connectivity index (χ2n) is 9.39. The molecule has 0 radical (unpaired) electrons. The van der Waals surface area contributed by atoms with Crippen LogP contribution in [-0.4, -0.2) is 25.3 Å². The molecular weight excluding hydrogens is 429 g/mol. The van der Waals surface area contributed by atoms with Crippen molar-refractivity contribution in [3.05, 3.63) is 71.5 Å². The Morgan fingerprint density at radius 1 is 1.12 bits per heavy atom. The lowest BCUT2D eigenvalue weighted by Gasteiger charge is -2.31. The first-order valence-corrected chi connectivity index (χ1v) is 11.7. The molecule has 7 heteroatoms. The van der Waals surface area contributed by atoms with Crippen molar-refractivity contribution in [3.63, 3.8) is 0 Å². The minimum absolute atomic E-state index is 0.0134. The molecule has 2 unspecified atom stereocenters. The number of carbonyl (C=O) groups excluding carboxylic acids is 1. The number of hydrogen-bond acceptors (Lipinski definition) is 3. The van der Waals surface area contributed by atoms with Gasteiger partial charge in [0, 0.05) is 18.2 Å². The summed E-state index contributed by atoms with van der Waals surface area (Å²) >= 11 is 0. The Hall–Kier alpha value is -2.70. The van der Waals surface area contributed by atoms with Crippen molar-refractivity contribution < 1.29 is 22.7 Å². The number of rotatable bonds is 7. The molecule has 1 aromatic carbocycles. The van der Waals surface area contributed by atoms with E-state index < -0.39 is 11.7 Å². The van der Waals surface area contributed by atoms with Gasteiger partial charge in [-0.15, -0.1) is 0 Å². The van der Waals surface area contributed by atoms with E-state index >= 15 is 0 Å². The fraction of sp³-hybridized carbons (Fsp3) is 0.500. The smallest absolute Gasteiger partial charge is 0.416 e. The number of halogens is 3. The summed E-state index contributed by atoms with van der Waals surface area (Å²) in [6.45, 7) is 5.41. The van der Waals surface area contributed by atoms with E-state index in [0.717, 1.165) is 61.9 Å². The fourth-order valence-corrected chi connectivity index (χ4v) is 5.01. The van der Waals surface area contributed by atoms with Crippen LogP contribution in [0.25, 0.3) is 0 Å². The first kappa shape index (κ1) is 23.5. The third-order valence-corrected chi connectivity index (χ3v) is 7.04. The quantitative estimate of drug-likeness (QED) is 0.543. The van der Waals surface area contributed by atoms with Crippen LogP contribution in [0.2, 0.25) is 0 Å². The molecule has 2 atom stereocenters. The zero-order chi connectivity index (χ0) is 23.4. The molecule has 2 aliphatic carbocycles. The van der Waals surface area contributed by atoms with Crippen LogP contribution >= 0.6 is 0 Å². The Labute approximate surface area is 193 Å². The van der Waals surface area contributed by atoms with Crippen LogP contribution in [0.1, 0.15) is 43.2 Å². The second kappa shape index (κ2) is 10.1. The molecule has 2 fully saturated rings. The highest BCUT2D eigenvalue weighted by Crippen LogP contribution is 2.34. The summed E-state index contributed by atoms with van der Waals surface area (Å²) in [5, 5.41) is 6.24. The molecule has 33 heavy (non-hydrogen) atoms. The maximum absolute atomic E-state index is 12.7. The molecule has 1 heterocycles. The molecule has 1 saturated heterocycles. The van der Waals surface area contributed by atoms with Crippen LogP contribution in [0.3, 0.4) is 0 Å². The van der Waals surface area contributed by atoms with Gasteiger partial charge >= 0.3 is 12.3 Å². The first-order valence-electron chi connectivity index (χ1n) is 11.7. The van der Waals surface area contributed by atoms with E-state index in [2.05, 4.69) is 23.3 Å². The average Bonchev–Trinajstić information content (AvgIpc) is 2.79. The highest BCUT2D eigenvalue weighted by molar-refractivity contribution is 5.69. The Kier molecular flexibility index (Phi) is 7.15. The van der Waals surface area contributed by atoms with E-state index in [9.17, 15) is 18.0 Å². The van der Waals surface area contributed by atoms with Gasteiger partial charge in [-0.05, 0) is 60.8 Å². The number of ether oxygens (including phenoxy) is 1. The van der Waals surface area contributed by atoms with Gasteiger partial charge in [-0.25, -0.2) is 4.79 Å². The van der Waals surface area contributed by atoms with Crippen molar-refractivity contribution in [2.24, 2.45) is 17.8 Å². The van der Waals surface area contributed by atoms with Gasteiger partial charge in [0.05, 0.1) is 11.6 Å². The maximum Gasteiger partial charge on any atom is 0.416 e. The topological polar surface area (TPSA) is 50.4 Å². The molecule has 178 valence electrons. The number of hydrogen-bond donors (Lipinski definition) is 2. The van der Waals surface area contributed by atoms with Crippen LogP contribution in [0.4, 0.5) is 18.0 Å². The minimum atomic E-state index is -4.27. The summed E-state index contributed by atoms with van der Waals surface area (Å²) in [4.78, 5) is 11.3. The zero-order valence-electron chi connectivity index (χ0n) is 18.7. The predicted octanol–water partition coefficient (Wildman–Crippen LogP) is 5.77. The largest absolute Gasteiger partial charge is 0.449 e. The third kappa shape index (κ3) is 6.21. The molecule has 1 aliphatic heterocycles. The number of alkyl halides is 3. The summed E-state index contributed by atoms with van der Waals surface area (Å²) in [6, 6.07) is 5.60. The molecule has 4 rings (SSSR count). The van der Waals surface area contributed by atoms with Crippen molar-refractivity contribution in [1.29, 1.82) is 0 Å². The maximum atomic E-state index is 12.7. The molecule has 1 amide bonds. The van der Waals surface area contributed by atoms with Gasteiger partial charge in [-0.3, -0.25) is 0 Å². The number of amides is 1. The van der Waals surface area contributed by atoms with Gasteiger partial charge < -0.3 is 15.4 Å². The molecule has 2 N–H and O–H groups in total. The van der Waals surface area contributed by atoms with Crippen molar-refractivity contribution >= 4 is 6.09 Å². The van der Waals surface area contributed by atoms with Gasteiger partial charge in [-0.2, -0.15) is 13.2 Å². The minimum Gasteiger partial charge on any atom is -0.449 e. The number of alkyl carbamates (subject to hydrolysis) is 1. The molecule has 0 spiro atoms. The number of benzene rings is 1. The van der Waals surface area contributed by atoms with E-state index in [-0.39, 0.29) is 18.1 Å². The Morgan fingerprint density at radius 3 is 2.52 bits per heavy atom. The van der Waals surface area contributed by atoms with E-state index in [4.69, 9.17) is 4.74 Å². The van der Waals surface area contributed by atoms with Crippen molar-refractivity contribution in [3.8, 4) is 0 Å². The molecular formula is C26H31F3N2O2. The number of cyclic esters (lactones) is 1. The van der Waals surface area contributed by atoms with Crippen LogP contribution in [-0.2, 0) is 17.3 Å². The molecule has 4 nitrogen and oxygen atoms in total. The van der Waals surface area contributed by atoms with Gasteiger partial charge in [0.2, 0.25) is 0 Å². The molecule has 3 aliphatic rings. The summed E-state index contributed by atoms with van der Waals surface area (Å²) in [6.07, 6.45) is 7.93. The standard InChI is InChI=1S/C26H31F3N2O2/c1-17(21-8-11-24-22(15-21)16-33-25(32)31-24)30-13-12-18-2-4-19(5-3-18)14-20-6-9-23(10-7-20)26(27,28)29/h6-11,15,18-19,22,24,30H,1-5,12-14,16H2,(H,31,32). The van der Waals surface area contributed by atoms with Gasteiger partial charge in [-0.1, -0.05) is 49.8 Å². The average molecular weight is 461 g/mol. The van der Waals surface area contributed by atoms with Crippen LogP contribution in [0.15, 0.2) is 60.3 Å². The second-order valence-corrected chi connectivity index (χ2v) is 9.39. The monoisotopic (exact) mass is 460 g/mol. The van der Waals surface area contributed by atoms with Crippen molar-refractivity contribution in [2.75, 3.05) is 13.2 Å². The highest BCUT2D eigenvalue weighted by atomic mass is 19.4. The SMILES string of the molecule is C=C(NCCC1CCC(Cc2ccc(C(F)(F)F)cc2)CC1)C1=CC2COC(=O)NC2C=C1. The van der Waals surface area contributed by atoms with Crippen LogP contribution < -0.4 is 10.6 Å². The molecule has 0 bridgehead atoms. The first-order chi connectivity index (χ1) is 15.8. The lowest BCUT2D eigenvalue weighted by atomic mass is 9.78. The third-order valence-electron chi connectivity index (χ3n) is 7.04. The molecule has 1 aromatic rings. The number of fused-ring (bicyclic) bond motifs is 1. The fourth-order valence-electron chi connectivity index (χ4n) is 5.01.